The van der Waals surface area contributed by atoms with Crippen LogP contribution in [0.25, 0.3) is 0 Å². The van der Waals surface area contributed by atoms with E-state index in [1.165, 1.54) is 0 Å². The summed E-state index contributed by atoms with van der Waals surface area (Å²) in [6.45, 7) is 0.228. The molecule has 116 valence electrons. The van der Waals surface area contributed by atoms with E-state index in [0.717, 1.165) is 18.2 Å². The summed E-state index contributed by atoms with van der Waals surface area (Å²) in [7, 11) is -3.94. The summed E-state index contributed by atoms with van der Waals surface area (Å²) in [5, 5.41) is 18.8. The minimum Gasteiger partial charge on any atom is -0.478 e. The van der Waals surface area contributed by atoms with Gasteiger partial charge in [0.2, 0.25) is 10.0 Å². The number of aliphatic hydroxyl groups is 1. The predicted octanol–water partition coefficient (Wildman–Crippen LogP) is -0.603. The zero-order valence-electron chi connectivity index (χ0n) is 11.1. The Hall–Kier alpha value is -1.68. The Morgan fingerprint density at radius 2 is 2.19 bits per heavy atom. The van der Waals surface area contributed by atoms with E-state index in [4.69, 9.17) is 15.6 Å². The van der Waals surface area contributed by atoms with Crippen LogP contribution >= 0.6 is 0 Å². The third-order valence-electron chi connectivity index (χ3n) is 3.22. The Labute approximate surface area is 121 Å². The Balaban J connectivity index is 2.17. The molecule has 1 aliphatic rings. The number of carbonyl (C=O) groups is 1. The first-order chi connectivity index (χ1) is 9.73. The van der Waals surface area contributed by atoms with Crippen molar-refractivity contribution < 1.29 is 28.2 Å². The molecular weight excluding hydrogens is 300 g/mol. The molecule has 1 aromatic carbocycles. The number of hydrogen-bond acceptors (Lipinski definition) is 6. The molecule has 2 rings (SSSR count). The molecule has 0 saturated carbocycles. The van der Waals surface area contributed by atoms with E-state index in [1.807, 2.05) is 0 Å². The van der Waals surface area contributed by atoms with E-state index in [0.29, 0.717) is 13.0 Å². The summed E-state index contributed by atoms with van der Waals surface area (Å²) in [5.74, 6) is -1.20. The SMILES string of the molecule is Nc1cc(C(=O)O)ccc1S(=O)(=O)NCC1(O)CCOC1. The average molecular weight is 316 g/mol. The molecule has 0 spiro atoms. The van der Waals surface area contributed by atoms with Gasteiger partial charge in [-0.05, 0) is 18.2 Å². The molecule has 1 unspecified atom stereocenters. The van der Waals surface area contributed by atoms with Crippen LogP contribution in [0, 0.1) is 0 Å². The summed E-state index contributed by atoms with van der Waals surface area (Å²) in [5.41, 5.74) is 4.09. The normalized spacial score (nSPS) is 22.3. The third kappa shape index (κ3) is 3.50. The first kappa shape index (κ1) is 15.7. The van der Waals surface area contributed by atoms with E-state index in [9.17, 15) is 18.3 Å². The van der Waals surface area contributed by atoms with Crippen molar-refractivity contribution in [3.05, 3.63) is 23.8 Å². The molecule has 1 heterocycles. The number of anilines is 1. The van der Waals surface area contributed by atoms with Crippen LogP contribution in [-0.4, -0.2) is 50.0 Å². The van der Waals surface area contributed by atoms with Gasteiger partial charge in [0.1, 0.15) is 10.5 Å². The van der Waals surface area contributed by atoms with Crippen molar-refractivity contribution in [3.8, 4) is 0 Å². The smallest absolute Gasteiger partial charge is 0.335 e. The van der Waals surface area contributed by atoms with Gasteiger partial charge in [-0.2, -0.15) is 0 Å². The van der Waals surface area contributed by atoms with Gasteiger partial charge in [0.05, 0.1) is 17.9 Å². The largest absolute Gasteiger partial charge is 0.478 e. The number of nitrogen functional groups attached to an aromatic ring is 1. The van der Waals surface area contributed by atoms with Crippen molar-refractivity contribution in [2.75, 3.05) is 25.5 Å². The second kappa shape index (κ2) is 5.60. The Morgan fingerprint density at radius 3 is 2.71 bits per heavy atom. The summed E-state index contributed by atoms with van der Waals surface area (Å²) in [6, 6.07) is 3.35. The van der Waals surface area contributed by atoms with Crippen molar-refractivity contribution in [3.63, 3.8) is 0 Å². The highest BCUT2D eigenvalue weighted by Gasteiger charge is 2.34. The number of benzene rings is 1. The number of sulfonamides is 1. The fourth-order valence-electron chi connectivity index (χ4n) is 1.97. The van der Waals surface area contributed by atoms with Crippen LogP contribution in [0.15, 0.2) is 23.1 Å². The molecule has 9 heteroatoms. The van der Waals surface area contributed by atoms with Crippen LogP contribution in [0.3, 0.4) is 0 Å². The molecule has 8 nitrogen and oxygen atoms in total. The monoisotopic (exact) mass is 316 g/mol. The minimum absolute atomic E-state index is 0.0585. The molecule has 21 heavy (non-hydrogen) atoms. The first-order valence-corrected chi connectivity index (χ1v) is 7.64. The van der Waals surface area contributed by atoms with Crippen LogP contribution in [-0.2, 0) is 14.8 Å². The second-order valence-corrected chi connectivity index (χ2v) is 6.64. The highest BCUT2D eigenvalue weighted by molar-refractivity contribution is 7.89. The van der Waals surface area contributed by atoms with Crippen molar-refractivity contribution in [1.29, 1.82) is 0 Å². The number of nitrogens with two attached hydrogens (primary N) is 1. The molecule has 0 aromatic heterocycles. The summed E-state index contributed by atoms with van der Waals surface area (Å²) < 4.78 is 31.6. The van der Waals surface area contributed by atoms with Crippen LogP contribution < -0.4 is 10.5 Å². The number of carboxylic acid groups (broad SMARTS) is 1. The summed E-state index contributed by atoms with van der Waals surface area (Å²) in [4.78, 5) is 10.6. The molecule has 1 saturated heterocycles. The minimum atomic E-state index is -3.94. The topological polar surface area (TPSA) is 139 Å². The lowest BCUT2D eigenvalue weighted by Crippen LogP contribution is -2.43. The number of aromatic carboxylic acids is 1. The molecule has 1 aliphatic heterocycles. The van der Waals surface area contributed by atoms with Crippen molar-refractivity contribution in [2.24, 2.45) is 0 Å². The maximum Gasteiger partial charge on any atom is 0.335 e. The zero-order valence-corrected chi connectivity index (χ0v) is 11.9. The maximum absolute atomic E-state index is 12.1. The van der Waals surface area contributed by atoms with E-state index < -0.39 is 21.6 Å². The molecule has 1 fully saturated rings. The molecular formula is C12H16N2O6S. The lowest BCUT2D eigenvalue weighted by Gasteiger charge is -2.20. The molecule has 5 N–H and O–H groups in total. The van der Waals surface area contributed by atoms with Gasteiger partial charge in [-0.1, -0.05) is 0 Å². The third-order valence-corrected chi connectivity index (χ3v) is 4.70. The summed E-state index contributed by atoms with van der Waals surface area (Å²) >= 11 is 0. The lowest BCUT2D eigenvalue weighted by atomic mass is 10.1. The quantitative estimate of drug-likeness (QED) is 0.532. The average Bonchev–Trinajstić information content (AvgIpc) is 2.84. The molecule has 1 atom stereocenters. The highest BCUT2D eigenvalue weighted by atomic mass is 32.2. The van der Waals surface area contributed by atoms with Crippen LogP contribution in [0.5, 0.6) is 0 Å². The van der Waals surface area contributed by atoms with Gasteiger partial charge in [-0.25, -0.2) is 17.9 Å². The van der Waals surface area contributed by atoms with Gasteiger partial charge in [0.15, 0.2) is 0 Å². The number of nitrogens with one attached hydrogen (secondary N) is 1. The Morgan fingerprint density at radius 1 is 1.48 bits per heavy atom. The van der Waals surface area contributed by atoms with E-state index in [2.05, 4.69) is 4.72 Å². The number of rotatable bonds is 5. The van der Waals surface area contributed by atoms with Crippen molar-refractivity contribution in [2.45, 2.75) is 16.9 Å². The molecule has 1 aromatic rings. The zero-order chi connectivity index (χ0) is 15.7. The standard InChI is InChI=1S/C12H16N2O6S/c13-9-5-8(11(15)16)1-2-10(9)21(18,19)14-6-12(17)3-4-20-7-12/h1-2,5,14,17H,3-4,6-7,13H2,(H,15,16). The molecule has 0 bridgehead atoms. The lowest BCUT2D eigenvalue weighted by molar-refractivity contribution is 0.0314. The van der Waals surface area contributed by atoms with Crippen molar-refractivity contribution in [1.82, 2.24) is 4.72 Å². The summed E-state index contributed by atoms with van der Waals surface area (Å²) in [6.07, 6.45) is 0.336. The van der Waals surface area contributed by atoms with Gasteiger partial charge in [0.25, 0.3) is 0 Å². The van der Waals surface area contributed by atoms with Gasteiger partial charge in [-0.15, -0.1) is 0 Å². The predicted molar refractivity (Wildman–Crippen MR) is 73.4 cm³/mol. The molecule has 0 aliphatic carbocycles. The number of ether oxygens (including phenoxy) is 1. The number of hydrogen-bond donors (Lipinski definition) is 4. The Bertz CT molecular complexity index is 652. The van der Waals surface area contributed by atoms with Crippen LogP contribution in [0.1, 0.15) is 16.8 Å². The van der Waals surface area contributed by atoms with Crippen molar-refractivity contribution >= 4 is 21.7 Å². The van der Waals surface area contributed by atoms with Gasteiger partial charge < -0.3 is 20.7 Å². The van der Waals surface area contributed by atoms with E-state index >= 15 is 0 Å². The van der Waals surface area contributed by atoms with E-state index in [-0.39, 0.29) is 29.3 Å². The van der Waals surface area contributed by atoms with Crippen LogP contribution in [0.4, 0.5) is 5.69 Å². The first-order valence-electron chi connectivity index (χ1n) is 6.16. The molecule has 0 amide bonds. The van der Waals surface area contributed by atoms with Crippen LogP contribution in [0.2, 0.25) is 0 Å². The highest BCUT2D eigenvalue weighted by Crippen LogP contribution is 2.22. The fourth-order valence-corrected chi connectivity index (χ4v) is 3.20. The van der Waals surface area contributed by atoms with E-state index in [1.54, 1.807) is 0 Å². The van der Waals surface area contributed by atoms with Gasteiger partial charge in [-0.3, -0.25) is 0 Å². The van der Waals surface area contributed by atoms with Gasteiger partial charge in [0, 0.05) is 19.6 Å². The fraction of sp³-hybridized carbons (Fsp3) is 0.417. The maximum atomic E-state index is 12.1. The second-order valence-electron chi connectivity index (χ2n) is 4.91. The van der Waals surface area contributed by atoms with Gasteiger partial charge >= 0.3 is 5.97 Å². The Kier molecular flexibility index (Phi) is 4.19. The molecule has 0 radical (unpaired) electrons. The number of carboxylic acids is 1.